The smallest absolute Gasteiger partial charge is 0.405 e. The van der Waals surface area contributed by atoms with Crippen LogP contribution in [0.15, 0.2) is 59.1 Å². The van der Waals surface area contributed by atoms with Crippen LogP contribution in [0.2, 0.25) is 0 Å². The van der Waals surface area contributed by atoms with E-state index < -0.39 is 30.2 Å². The molecule has 0 aliphatic rings. The molecule has 0 radical (unpaired) electrons. The number of aliphatic hydroxyl groups is 1. The molecule has 0 saturated heterocycles. The van der Waals surface area contributed by atoms with Gasteiger partial charge in [-0.25, -0.2) is 9.80 Å². The second-order valence-corrected chi connectivity index (χ2v) is 9.13. The fourth-order valence-electron chi connectivity index (χ4n) is 3.40. The summed E-state index contributed by atoms with van der Waals surface area (Å²) in [5.41, 5.74) is 11.0. The fraction of sp³-hybridized carbons (Fsp3) is 0.417. The number of amides is 2. The Hall–Kier alpha value is -2.46. The molecular formula is C24H33BrN4O4. The van der Waals surface area contributed by atoms with Gasteiger partial charge in [0, 0.05) is 23.6 Å². The highest BCUT2D eigenvalue weighted by Gasteiger charge is 2.28. The third kappa shape index (κ3) is 9.13. The molecular weight excluding hydrogens is 488 g/mol. The van der Waals surface area contributed by atoms with E-state index in [9.17, 15) is 14.7 Å². The van der Waals surface area contributed by atoms with Crippen LogP contribution in [0.1, 0.15) is 31.4 Å². The maximum absolute atomic E-state index is 13.0. The van der Waals surface area contributed by atoms with Crippen LogP contribution in [-0.2, 0) is 17.8 Å². The Labute approximate surface area is 203 Å². The highest BCUT2D eigenvalue weighted by molar-refractivity contribution is 9.10. The molecule has 33 heavy (non-hydrogen) atoms. The molecule has 0 aromatic heterocycles. The first kappa shape index (κ1) is 26.8. The highest BCUT2D eigenvalue weighted by Crippen LogP contribution is 2.14. The van der Waals surface area contributed by atoms with E-state index >= 15 is 0 Å². The molecule has 0 bridgehead atoms. The van der Waals surface area contributed by atoms with Crippen molar-refractivity contribution in [2.45, 2.75) is 51.4 Å². The Morgan fingerprint density at radius 2 is 1.73 bits per heavy atom. The average molecular weight is 521 g/mol. The highest BCUT2D eigenvalue weighted by atomic mass is 79.9. The van der Waals surface area contributed by atoms with Gasteiger partial charge in [0.1, 0.15) is 6.04 Å². The maximum Gasteiger partial charge on any atom is 0.405 e. The number of hydrogen-bond acceptors (Lipinski definition) is 5. The summed E-state index contributed by atoms with van der Waals surface area (Å²) >= 11 is 3.40. The number of halogens is 1. The Morgan fingerprint density at radius 1 is 1.09 bits per heavy atom. The van der Waals surface area contributed by atoms with Gasteiger partial charge < -0.3 is 21.3 Å². The lowest BCUT2D eigenvalue weighted by Gasteiger charge is -2.31. The normalized spacial score (nSPS) is 14.8. The molecule has 2 aromatic carbocycles. The van der Waals surface area contributed by atoms with E-state index in [0.29, 0.717) is 19.4 Å². The standard InChI is InChI=1S/C24H33BrN4O4/c1-3-16(2)22(27-24(32)33)23(31)28-29(14-18-9-11-19(25)12-10-18)15-21(30)20(26)13-17-7-5-4-6-8-17/h4-12,16,20-22,27,30H,3,13-15,26H2,1-2H3,(H,28,31)(H,32,33)/t16-,20-,21-,22-/m0/s1. The van der Waals surface area contributed by atoms with Crippen molar-refractivity contribution in [2.24, 2.45) is 11.7 Å². The van der Waals surface area contributed by atoms with Crippen molar-refractivity contribution in [3.63, 3.8) is 0 Å². The topological polar surface area (TPSA) is 128 Å². The Balaban J connectivity index is 2.14. The molecule has 0 aliphatic heterocycles. The van der Waals surface area contributed by atoms with Crippen molar-refractivity contribution >= 4 is 27.9 Å². The van der Waals surface area contributed by atoms with Gasteiger partial charge in [-0.1, -0.05) is 78.7 Å². The van der Waals surface area contributed by atoms with Crippen LogP contribution in [0.3, 0.4) is 0 Å². The van der Waals surface area contributed by atoms with Crippen molar-refractivity contribution in [2.75, 3.05) is 6.54 Å². The minimum Gasteiger partial charge on any atom is -0.465 e. The van der Waals surface area contributed by atoms with E-state index in [0.717, 1.165) is 15.6 Å². The van der Waals surface area contributed by atoms with E-state index in [4.69, 9.17) is 10.8 Å². The predicted octanol–water partition coefficient (Wildman–Crippen LogP) is 2.90. The number of nitrogens with zero attached hydrogens (tertiary/aromatic N) is 1. The monoisotopic (exact) mass is 520 g/mol. The molecule has 0 heterocycles. The molecule has 6 N–H and O–H groups in total. The van der Waals surface area contributed by atoms with Gasteiger partial charge >= 0.3 is 6.09 Å². The first-order valence-electron chi connectivity index (χ1n) is 11.0. The Morgan fingerprint density at radius 3 is 2.30 bits per heavy atom. The molecule has 180 valence electrons. The summed E-state index contributed by atoms with van der Waals surface area (Å²) in [6, 6.07) is 15.8. The van der Waals surface area contributed by atoms with Gasteiger partial charge in [-0.05, 0) is 35.6 Å². The van der Waals surface area contributed by atoms with Gasteiger partial charge in [-0.2, -0.15) is 0 Å². The lowest BCUT2D eigenvalue weighted by Crippen LogP contribution is -2.56. The quantitative estimate of drug-likeness (QED) is 0.274. The fourth-order valence-corrected chi connectivity index (χ4v) is 3.67. The molecule has 2 rings (SSSR count). The summed E-state index contributed by atoms with van der Waals surface area (Å²) in [6.07, 6.45) is -1.08. The van der Waals surface area contributed by atoms with Crippen LogP contribution in [-0.4, -0.2) is 52.0 Å². The van der Waals surface area contributed by atoms with Gasteiger partial charge in [0.25, 0.3) is 5.91 Å². The molecule has 9 heteroatoms. The third-order valence-corrected chi connectivity index (χ3v) is 6.07. The summed E-state index contributed by atoms with van der Waals surface area (Å²) < 4.78 is 0.925. The largest absolute Gasteiger partial charge is 0.465 e. The van der Waals surface area contributed by atoms with Gasteiger partial charge in [-0.15, -0.1) is 0 Å². The Bertz CT molecular complexity index is 882. The van der Waals surface area contributed by atoms with E-state index in [2.05, 4.69) is 26.7 Å². The van der Waals surface area contributed by atoms with Crippen LogP contribution < -0.4 is 16.5 Å². The van der Waals surface area contributed by atoms with Crippen LogP contribution in [0.5, 0.6) is 0 Å². The van der Waals surface area contributed by atoms with E-state index in [-0.39, 0.29) is 12.5 Å². The lowest BCUT2D eigenvalue weighted by molar-refractivity contribution is -0.130. The summed E-state index contributed by atoms with van der Waals surface area (Å²) in [5.74, 6) is -0.686. The molecule has 8 nitrogen and oxygen atoms in total. The van der Waals surface area contributed by atoms with Crippen molar-refractivity contribution in [1.82, 2.24) is 15.8 Å². The minimum atomic E-state index is -1.26. The number of hydrogen-bond donors (Lipinski definition) is 5. The number of rotatable bonds is 12. The number of nitrogens with two attached hydrogens (primary N) is 1. The number of carbonyl (C=O) groups is 2. The molecule has 0 aliphatic carbocycles. The van der Waals surface area contributed by atoms with Crippen molar-refractivity contribution in [1.29, 1.82) is 0 Å². The first-order valence-corrected chi connectivity index (χ1v) is 11.8. The zero-order valence-corrected chi connectivity index (χ0v) is 20.5. The summed E-state index contributed by atoms with van der Waals surface area (Å²) in [4.78, 5) is 24.2. The van der Waals surface area contributed by atoms with Gasteiger partial charge in [0.15, 0.2) is 0 Å². The van der Waals surface area contributed by atoms with E-state index in [1.54, 1.807) is 5.01 Å². The van der Waals surface area contributed by atoms with Crippen molar-refractivity contribution < 1.29 is 19.8 Å². The number of benzene rings is 2. The second-order valence-electron chi connectivity index (χ2n) is 8.22. The second kappa shape index (κ2) is 13.3. The van der Waals surface area contributed by atoms with Crippen molar-refractivity contribution in [3.8, 4) is 0 Å². The minimum absolute atomic E-state index is 0.0795. The predicted molar refractivity (Wildman–Crippen MR) is 131 cm³/mol. The molecule has 2 aromatic rings. The van der Waals surface area contributed by atoms with Crippen LogP contribution in [0.4, 0.5) is 4.79 Å². The first-order chi connectivity index (χ1) is 15.7. The number of carbonyl (C=O) groups excluding carboxylic acids is 1. The number of aliphatic hydroxyl groups excluding tert-OH is 1. The summed E-state index contributed by atoms with van der Waals surface area (Å²) in [6.45, 7) is 4.09. The molecule has 4 atom stereocenters. The van der Waals surface area contributed by atoms with E-state index in [1.165, 1.54) is 0 Å². The maximum atomic E-state index is 13.0. The molecule has 0 fully saturated rings. The summed E-state index contributed by atoms with van der Waals surface area (Å²) in [7, 11) is 0. The van der Waals surface area contributed by atoms with Crippen LogP contribution in [0.25, 0.3) is 0 Å². The molecule has 0 saturated carbocycles. The van der Waals surface area contributed by atoms with Gasteiger partial charge in [0.2, 0.25) is 0 Å². The van der Waals surface area contributed by atoms with Gasteiger partial charge in [-0.3, -0.25) is 10.2 Å². The van der Waals surface area contributed by atoms with Gasteiger partial charge in [0.05, 0.1) is 6.10 Å². The van der Waals surface area contributed by atoms with E-state index in [1.807, 2.05) is 68.4 Å². The number of hydrazine groups is 1. The van der Waals surface area contributed by atoms with Crippen molar-refractivity contribution in [3.05, 3.63) is 70.2 Å². The third-order valence-electron chi connectivity index (χ3n) is 5.55. The van der Waals surface area contributed by atoms with Crippen LogP contribution >= 0.6 is 15.9 Å². The zero-order chi connectivity index (χ0) is 24.4. The van der Waals surface area contributed by atoms with Crippen LogP contribution in [0, 0.1) is 5.92 Å². The molecule has 0 spiro atoms. The molecule has 0 unspecified atom stereocenters. The zero-order valence-electron chi connectivity index (χ0n) is 18.9. The number of nitrogens with one attached hydrogen (secondary N) is 2. The molecule has 2 amide bonds. The SMILES string of the molecule is CC[C@H](C)[C@H](NC(=O)O)C(=O)NN(Cc1ccc(Br)cc1)C[C@H](O)[C@@H](N)Cc1ccccc1. The summed E-state index contributed by atoms with van der Waals surface area (Å²) in [5, 5.41) is 23.8. The number of carboxylic acid groups (broad SMARTS) is 1. The average Bonchev–Trinajstić information content (AvgIpc) is 2.78. The Kier molecular flexibility index (Phi) is 10.8. The lowest BCUT2D eigenvalue weighted by atomic mass is 9.99.